The highest BCUT2D eigenvalue weighted by molar-refractivity contribution is 7.98. The molecule has 0 fully saturated rings. The zero-order valence-electron chi connectivity index (χ0n) is 20.2. The van der Waals surface area contributed by atoms with Crippen molar-refractivity contribution in [2.45, 2.75) is 46.0 Å². The van der Waals surface area contributed by atoms with Gasteiger partial charge in [-0.15, -0.1) is 0 Å². The lowest BCUT2D eigenvalue weighted by Gasteiger charge is -2.27. The molecule has 0 unspecified atom stereocenters. The fraction of sp³-hybridized carbons (Fsp3) is 0.250. The van der Waals surface area contributed by atoms with Crippen LogP contribution in [0.1, 0.15) is 20.3 Å². The van der Waals surface area contributed by atoms with Crippen LogP contribution >= 0.6 is 7.26 Å². The molecule has 33 heavy (non-hydrogen) atoms. The lowest BCUT2D eigenvalue weighted by atomic mass is 10.3. The Labute approximate surface area is 199 Å². The first-order valence-corrected chi connectivity index (χ1v) is 16.6. The van der Waals surface area contributed by atoms with Gasteiger partial charge in [0, 0.05) is 0 Å². The van der Waals surface area contributed by atoms with Crippen LogP contribution in [0.3, 0.4) is 0 Å². The van der Waals surface area contributed by atoms with Crippen LogP contribution in [0.5, 0.6) is 0 Å². The molecule has 0 saturated carbocycles. The number of hydrogen-bond acceptors (Lipinski definition) is 3. The Balaban J connectivity index is 2.30. The third-order valence-corrected chi connectivity index (χ3v) is 9.84. The maximum absolute atomic E-state index is 12.7. The van der Waals surface area contributed by atoms with Gasteiger partial charge in [-0.1, -0.05) is 54.6 Å². The van der Waals surface area contributed by atoms with E-state index in [1.807, 2.05) is 32.0 Å². The molecule has 0 heterocycles. The number of carbonyl (C=O) groups is 1. The van der Waals surface area contributed by atoms with E-state index >= 15 is 0 Å². The number of carbonyl (C=O) groups excluding carboxylic acids is 1. The topological polar surface area (TPSA) is 35.5 Å². The molecule has 3 aromatic rings. The van der Waals surface area contributed by atoms with Gasteiger partial charge in [0.25, 0.3) is 0 Å². The second-order valence-corrected chi connectivity index (χ2v) is 16.9. The van der Waals surface area contributed by atoms with Crippen molar-refractivity contribution >= 4 is 37.5 Å². The summed E-state index contributed by atoms with van der Waals surface area (Å²) in [4.78, 5) is 12.7. The van der Waals surface area contributed by atoms with E-state index in [1.54, 1.807) is 0 Å². The van der Waals surface area contributed by atoms with Crippen molar-refractivity contribution in [2.24, 2.45) is 0 Å². The molecule has 0 amide bonds. The third kappa shape index (κ3) is 6.66. The van der Waals surface area contributed by atoms with Crippen LogP contribution in [0.2, 0.25) is 19.6 Å². The van der Waals surface area contributed by atoms with E-state index in [0.717, 1.165) is 0 Å². The Morgan fingerprint density at radius 1 is 0.788 bits per heavy atom. The molecular formula is C28H34O3PSi+. The van der Waals surface area contributed by atoms with Crippen LogP contribution in [0.25, 0.3) is 0 Å². The van der Waals surface area contributed by atoms with E-state index in [1.165, 1.54) is 15.9 Å². The fourth-order valence-electron chi connectivity index (χ4n) is 3.82. The highest BCUT2D eigenvalue weighted by Gasteiger charge is 2.45. The highest BCUT2D eigenvalue weighted by Crippen LogP contribution is 2.58. The summed E-state index contributed by atoms with van der Waals surface area (Å²) in [6.07, 6.45) is -0.0426. The molecule has 0 spiro atoms. The molecule has 5 heteroatoms. The van der Waals surface area contributed by atoms with Crippen molar-refractivity contribution in [1.82, 2.24) is 0 Å². The molecule has 0 radical (unpaired) electrons. The zero-order chi connectivity index (χ0) is 23.9. The van der Waals surface area contributed by atoms with Crippen LogP contribution in [-0.2, 0) is 14.0 Å². The molecule has 172 valence electrons. The quantitative estimate of drug-likeness (QED) is 0.164. The summed E-state index contributed by atoms with van der Waals surface area (Å²) in [5.74, 6) is 2.68. The fourth-order valence-corrected chi connectivity index (χ4v) is 8.69. The minimum Gasteiger partial charge on any atom is -0.545 e. The normalized spacial score (nSPS) is 12.5. The van der Waals surface area contributed by atoms with Crippen LogP contribution < -0.4 is 15.9 Å². The standard InChI is InChI=1S/C28H34O3PSi/c1-23(2)30-28(29)21-24(31-33(3,4)5)22-32(25-15-9-6-10-16-25,26-17-11-7-12-18-26)27-19-13-8-14-20-27/h6-20,22-23H,21H2,1-5H3/q+1/b24-22+. The monoisotopic (exact) mass is 477 g/mol. The van der Waals surface area contributed by atoms with Crippen molar-refractivity contribution in [3.8, 4) is 0 Å². The largest absolute Gasteiger partial charge is 0.545 e. The van der Waals surface area contributed by atoms with E-state index in [0.29, 0.717) is 5.76 Å². The van der Waals surface area contributed by atoms with Crippen LogP contribution in [0.4, 0.5) is 0 Å². The van der Waals surface area contributed by atoms with E-state index < -0.39 is 15.6 Å². The second-order valence-electron chi connectivity index (χ2n) is 9.25. The van der Waals surface area contributed by atoms with Gasteiger partial charge in [-0.2, -0.15) is 0 Å². The molecular weight excluding hydrogens is 443 g/mol. The molecule has 3 nitrogen and oxygen atoms in total. The SMILES string of the molecule is CC(C)OC(=O)C/C(=C\[P+](c1ccccc1)(c1ccccc1)c1ccccc1)O[Si](C)(C)C. The van der Waals surface area contributed by atoms with Gasteiger partial charge in [0.2, 0.25) is 8.32 Å². The van der Waals surface area contributed by atoms with Crippen molar-refractivity contribution in [1.29, 1.82) is 0 Å². The average Bonchev–Trinajstić information content (AvgIpc) is 2.77. The van der Waals surface area contributed by atoms with Gasteiger partial charge >= 0.3 is 5.97 Å². The van der Waals surface area contributed by atoms with Gasteiger partial charge < -0.3 is 9.16 Å². The minimum atomic E-state index is -2.26. The van der Waals surface area contributed by atoms with E-state index in [2.05, 4.69) is 98.3 Å². The molecule has 0 aromatic heterocycles. The first kappa shape index (κ1) is 24.9. The molecule has 3 aromatic carbocycles. The number of rotatable bonds is 9. The molecule has 0 N–H and O–H groups in total. The lowest BCUT2D eigenvalue weighted by Crippen LogP contribution is -2.31. The molecule has 0 aliphatic carbocycles. The number of ether oxygens (including phenoxy) is 1. The van der Waals surface area contributed by atoms with Crippen molar-refractivity contribution < 1.29 is 14.0 Å². The molecule has 0 saturated heterocycles. The van der Waals surface area contributed by atoms with Crippen molar-refractivity contribution in [3.63, 3.8) is 0 Å². The van der Waals surface area contributed by atoms with Crippen LogP contribution in [0.15, 0.2) is 103 Å². The van der Waals surface area contributed by atoms with Crippen LogP contribution in [-0.4, -0.2) is 20.4 Å². The number of esters is 1. The van der Waals surface area contributed by atoms with Crippen molar-refractivity contribution in [2.75, 3.05) is 0 Å². The zero-order valence-corrected chi connectivity index (χ0v) is 22.1. The average molecular weight is 478 g/mol. The predicted octanol–water partition coefficient (Wildman–Crippen LogP) is 6.02. The third-order valence-electron chi connectivity index (χ3n) is 4.95. The maximum atomic E-state index is 12.7. The van der Waals surface area contributed by atoms with Gasteiger partial charge in [-0.25, -0.2) is 0 Å². The second kappa shape index (κ2) is 11.0. The van der Waals surface area contributed by atoms with Gasteiger partial charge in [0.15, 0.2) is 0 Å². The smallest absolute Gasteiger partial charge is 0.313 e. The van der Waals surface area contributed by atoms with Crippen LogP contribution in [0, 0.1) is 0 Å². The molecule has 0 aliphatic heterocycles. The Morgan fingerprint density at radius 3 is 1.52 bits per heavy atom. The Kier molecular flexibility index (Phi) is 8.28. The van der Waals surface area contributed by atoms with Gasteiger partial charge in [-0.3, -0.25) is 4.79 Å². The van der Waals surface area contributed by atoms with E-state index in [-0.39, 0.29) is 18.5 Å². The van der Waals surface area contributed by atoms with E-state index in [4.69, 9.17) is 9.16 Å². The minimum absolute atomic E-state index is 0.122. The first-order chi connectivity index (χ1) is 15.7. The molecule has 0 aliphatic rings. The lowest BCUT2D eigenvalue weighted by molar-refractivity contribution is -0.146. The van der Waals surface area contributed by atoms with Crippen molar-refractivity contribution in [3.05, 3.63) is 103 Å². The Bertz CT molecular complexity index is 962. The summed E-state index contributed by atoms with van der Waals surface area (Å²) >= 11 is 0. The summed E-state index contributed by atoms with van der Waals surface area (Å²) < 4.78 is 12.0. The predicted molar refractivity (Wildman–Crippen MR) is 144 cm³/mol. The van der Waals surface area contributed by atoms with Gasteiger partial charge in [0.05, 0.1) is 6.10 Å². The first-order valence-electron chi connectivity index (χ1n) is 11.4. The molecule has 0 bridgehead atoms. The molecule has 0 atom stereocenters. The highest BCUT2D eigenvalue weighted by atomic mass is 31.2. The Morgan fingerprint density at radius 2 is 1.18 bits per heavy atom. The Hall–Kier alpha value is -2.68. The maximum Gasteiger partial charge on any atom is 0.313 e. The number of hydrogen-bond donors (Lipinski definition) is 0. The summed E-state index contributed by atoms with van der Waals surface area (Å²) in [5.41, 5.74) is 0. The van der Waals surface area contributed by atoms with Gasteiger partial charge in [0.1, 0.15) is 41.2 Å². The van der Waals surface area contributed by atoms with E-state index in [9.17, 15) is 4.79 Å². The summed E-state index contributed by atoms with van der Waals surface area (Å²) in [5, 5.41) is 3.66. The van der Waals surface area contributed by atoms with Gasteiger partial charge in [-0.05, 0) is 69.9 Å². The summed E-state index contributed by atoms with van der Waals surface area (Å²) in [7, 11) is -4.25. The number of benzene rings is 3. The summed E-state index contributed by atoms with van der Waals surface area (Å²) in [6, 6.07) is 31.7. The summed E-state index contributed by atoms with van der Waals surface area (Å²) in [6.45, 7) is 10.2. The molecule has 3 rings (SSSR count).